The number of anilines is 1. The zero-order valence-corrected chi connectivity index (χ0v) is 20.0. The molecule has 32 heavy (non-hydrogen) atoms. The molecule has 1 aliphatic heterocycles. The van der Waals surface area contributed by atoms with Crippen molar-refractivity contribution < 1.29 is 14.4 Å². The zero-order chi connectivity index (χ0) is 22.7. The van der Waals surface area contributed by atoms with Crippen LogP contribution in [0.25, 0.3) is 0 Å². The van der Waals surface area contributed by atoms with Gasteiger partial charge in [-0.25, -0.2) is 4.90 Å². The summed E-state index contributed by atoms with van der Waals surface area (Å²) in [5.41, 5.74) is 2.21. The molecule has 1 fully saturated rings. The third-order valence-corrected chi connectivity index (χ3v) is 6.34. The highest BCUT2D eigenvalue weighted by Gasteiger charge is 2.44. The van der Waals surface area contributed by atoms with Crippen LogP contribution in [0.1, 0.15) is 17.5 Å². The third kappa shape index (κ3) is 5.02. The van der Waals surface area contributed by atoms with Crippen LogP contribution in [0.3, 0.4) is 0 Å². The summed E-state index contributed by atoms with van der Waals surface area (Å²) in [5, 5.41) is 0.590. The molecule has 0 saturated carbocycles. The smallest absolute Gasteiger partial charge is 0.257 e. The Labute approximate surface area is 205 Å². The normalized spacial score (nSPS) is 15.8. The fraction of sp³-hybridized carbons (Fsp3) is 0.160. The maximum absolute atomic E-state index is 13.3. The Morgan fingerprint density at radius 2 is 1.59 bits per heavy atom. The van der Waals surface area contributed by atoms with E-state index in [0.29, 0.717) is 10.7 Å². The van der Waals surface area contributed by atoms with Gasteiger partial charge in [0.05, 0.1) is 18.5 Å². The Morgan fingerprint density at radius 1 is 0.938 bits per heavy atom. The molecule has 0 aliphatic carbocycles. The SMILES string of the molecule is O=C1CC(N(Cc2ccccc2)C(=O)Cc2ccc(Cl)cc2)C(=O)N1c1ccc(I)cc1. The summed E-state index contributed by atoms with van der Waals surface area (Å²) in [6.45, 7) is 0.247. The highest BCUT2D eigenvalue weighted by atomic mass is 127. The lowest BCUT2D eigenvalue weighted by molar-refractivity contribution is -0.138. The van der Waals surface area contributed by atoms with E-state index < -0.39 is 6.04 Å². The summed E-state index contributed by atoms with van der Waals surface area (Å²) >= 11 is 8.13. The molecule has 3 aromatic rings. The monoisotopic (exact) mass is 558 g/mol. The lowest BCUT2D eigenvalue weighted by Gasteiger charge is -2.28. The van der Waals surface area contributed by atoms with Crippen molar-refractivity contribution in [2.75, 3.05) is 4.90 Å². The first kappa shape index (κ1) is 22.5. The van der Waals surface area contributed by atoms with Gasteiger partial charge in [-0.05, 0) is 70.1 Å². The lowest BCUT2D eigenvalue weighted by atomic mass is 10.1. The molecule has 0 radical (unpaired) electrons. The lowest BCUT2D eigenvalue weighted by Crippen LogP contribution is -2.45. The van der Waals surface area contributed by atoms with E-state index in [1.165, 1.54) is 9.80 Å². The van der Waals surface area contributed by atoms with E-state index in [9.17, 15) is 14.4 Å². The first-order valence-corrected chi connectivity index (χ1v) is 11.6. The number of rotatable bonds is 6. The Kier molecular flexibility index (Phi) is 6.91. The van der Waals surface area contributed by atoms with Gasteiger partial charge in [0.15, 0.2) is 0 Å². The molecule has 1 saturated heterocycles. The predicted molar refractivity (Wildman–Crippen MR) is 132 cm³/mol. The van der Waals surface area contributed by atoms with Crippen LogP contribution in [0, 0.1) is 3.57 Å². The van der Waals surface area contributed by atoms with Crippen LogP contribution in [0.4, 0.5) is 5.69 Å². The van der Waals surface area contributed by atoms with Crippen molar-refractivity contribution in [3.8, 4) is 0 Å². The van der Waals surface area contributed by atoms with Crippen LogP contribution in [-0.2, 0) is 27.3 Å². The molecule has 0 spiro atoms. The van der Waals surface area contributed by atoms with Crippen molar-refractivity contribution in [2.24, 2.45) is 0 Å². The van der Waals surface area contributed by atoms with Gasteiger partial charge in [0.2, 0.25) is 11.8 Å². The average molecular weight is 559 g/mol. The number of hydrogen-bond donors (Lipinski definition) is 0. The molecular formula is C25H20ClIN2O3. The van der Waals surface area contributed by atoms with E-state index >= 15 is 0 Å². The highest BCUT2D eigenvalue weighted by molar-refractivity contribution is 14.1. The standard InChI is InChI=1S/C25H20ClIN2O3/c26-19-8-6-17(7-9-19)14-23(30)28(16-18-4-2-1-3-5-18)22-15-24(31)29(25(22)32)21-12-10-20(27)11-13-21/h1-13,22H,14-16H2. The number of hydrogen-bond acceptors (Lipinski definition) is 3. The molecule has 4 rings (SSSR count). The first-order valence-electron chi connectivity index (χ1n) is 10.1. The number of nitrogens with zero attached hydrogens (tertiary/aromatic N) is 2. The first-order chi connectivity index (χ1) is 15.4. The van der Waals surface area contributed by atoms with Crippen LogP contribution in [0.15, 0.2) is 78.9 Å². The molecule has 5 nitrogen and oxygen atoms in total. The number of benzene rings is 3. The third-order valence-electron chi connectivity index (χ3n) is 5.37. The number of carbonyl (C=O) groups is 3. The fourth-order valence-corrected chi connectivity index (χ4v) is 4.24. The Morgan fingerprint density at radius 3 is 2.25 bits per heavy atom. The van der Waals surface area contributed by atoms with Crippen LogP contribution in [-0.4, -0.2) is 28.7 Å². The molecule has 0 bridgehead atoms. The minimum Gasteiger partial charge on any atom is -0.325 e. The molecule has 1 aliphatic rings. The molecule has 162 valence electrons. The van der Waals surface area contributed by atoms with E-state index in [1.54, 1.807) is 36.4 Å². The molecular weight excluding hydrogens is 539 g/mol. The molecule has 3 amide bonds. The molecule has 7 heteroatoms. The minimum absolute atomic E-state index is 0.0377. The molecule has 1 atom stereocenters. The zero-order valence-electron chi connectivity index (χ0n) is 17.1. The summed E-state index contributed by atoms with van der Waals surface area (Å²) in [7, 11) is 0. The second-order valence-corrected chi connectivity index (χ2v) is 9.26. The van der Waals surface area contributed by atoms with Gasteiger partial charge >= 0.3 is 0 Å². The summed E-state index contributed by atoms with van der Waals surface area (Å²) in [6, 6.07) is 22.9. The topological polar surface area (TPSA) is 57.7 Å². The summed E-state index contributed by atoms with van der Waals surface area (Å²) in [4.78, 5) is 42.2. The maximum Gasteiger partial charge on any atom is 0.257 e. The van der Waals surface area contributed by atoms with E-state index in [4.69, 9.17) is 11.6 Å². The largest absolute Gasteiger partial charge is 0.325 e. The quantitative estimate of drug-likeness (QED) is 0.321. The van der Waals surface area contributed by atoms with Gasteiger partial charge in [0.25, 0.3) is 5.91 Å². The average Bonchev–Trinajstić information content (AvgIpc) is 3.08. The Hall–Kier alpha value is -2.71. The van der Waals surface area contributed by atoms with Crippen molar-refractivity contribution in [1.29, 1.82) is 0 Å². The molecule has 3 aromatic carbocycles. The molecule has 0 aromatic heterocycles. The molecule has 0 N–H and O–H groups in total. The number of halogens is 2. The van der Waals surface area contributed by atoms with Gasteiger partial charge in [-0.2, -0.15) is 0 Å². The van der Waals surface area contributed by atoms with Crippen molar-refractivity contribution >= 4 is 57.6 Å². The number of carbonyl (C=O) groups excluding carboxylic acids is 3. The van der Waals surface area contributed by atoms with Crippen LogP contribution >= 0.6 is 34.2 Å². The van der Waals surface area contributed by atoms with E-state index in [0.717, 1.165) is 14.7 Å². The molecule has 1 heterocycles. The predicted octanol–water partition coefficient (Wildman–Crippen LogP) is 4.85. The van der Waals surface area contributed by atoms with Gasteiger partial charge in [-0.1, -0.05) is 54.1 Å². The van der Waals surface area contributed by atoms with Crippen molar-refractivity contribution in [1.82, 2.24) is 4.90 Å². The Balaban J connectivity index is 1.62. The number of amides is 3. The number of imide groups is 1. The van der Waals surface area contributed by atoms with Gasteiger partial charge in [0.1, 0.15) is 6.04 Å². The van der Waals surface area contributed by atoms with E-state index in [-0.39, 0.29) is 37.1 Å². The van der Waals surface area contributed by atoms with Gasteiger partial charge in [0, 0.05) is 15.1 Å². The molecule has 1 unspecified atom stereocenters. The minimum atomic E-state index is -0.846. The van der Waals surface area contributed by atoms with Crippen molar-refractivity contribution in [3.63, 3.8) is 0 Å². The summed E-state index contributed by atoms with van der Waals surface area (Å²) in [5.74, 6) is -0.901. The van der Waals surface area contributed by atoms with Gasteiger partial charge < -0.3 is 4.90 Å². The van der Waals surface area contributed by atoms with Crippen LogP contribution in [0.2, 0.25) is 5.02 Å². The van der Waals surface area contributed by atoms with E-state index in [2.05, 4.69) is 22.6 Å². The summed E-state index contributed by atoms with van der Waals surface area (Å²) < 4.78 is 1.01. The van der Waals surface area contributed by atoms with Crippen molar-refractivity contribution in [3.05, 3.63) is 98.6 Å². The van der Waals surface area contributed by atoms with Crippen LogP contribution in [0.5, 0.6) is 0 Å². The maximum atomic E-state index is 13.3. The fourth-order valence-electron chi connectivity index (χ4n) is 3.75. The highest BCUT2D eigenvalue weighted by Crippen LogP contribution is 2.28. The summed E-state index contributed by atoms with van der Waals surface area (Å²) in [6.07, 6.45) is 0.0789. The Bertz CT molecular complexity index is 1130. The van der Waals surface area contributed by atoms with Crippen molar-refractivity contribution in [2.45, 2.75) is 25.4 Å². The second-order valence-electron chi connectivity index (χ2n) is 7.57. The second kappa shape index (κ2) is 9.83. The van der Waals surface area contributed by atoms with E-state index in [1.807, 2.05) is 42.5 Å². The van der Waals surface area contributed by atoms with Crippen LogP contribution < -0.4 is 4.90 Å². The van der Waals surface area contributed by atoms with Gasteiger partial charge in [-0.15, -0.1) is 0 Å². The van der Waals surface area contributed by atoms with Gasteiger partial charge in [-0.3, -0.25) is 14.4 Å².